The fourth-order valence-corrected chi connectivity index (χ4v) is 5.00. The number of benzene rings is 2. The molecule has 6 rings (SSSR count). The summed E-state index contributed by atoms with van der Waals surface area (Å²) in [5, 5.41) is 5.30. The Morgan fingerprint density at radius 2 is 1.92 bits per heavy atom. The number of H-pyrrole nitrogens is 1. The number of nitrogens with zero attached hydrogens (tertiary/aromatic N) is 4. The van der Waals surface area contributed by atoms with Crippen molar-refractivity contribution in [3.8, 4) is 17.3 Å². The Morgan fingerprint density at radius 1 is 1.13 bits per heavy atom. The highest BCUT2D eigenvalue weighted by atomic mass is 19.1. The topological polar surface area (TPSA) is 102 Å². The number of ether oxygens (including phenoxy) is 1. The number of nitrogen functional groups attached to an aromatic ring is 1. The number of anilines is 1. The molecule has 4 heterocycles. The number of nitrogens with two attached hydrogens (primary N) is 1. The highest BCUT2D eigenvalue weighted by Gasteiger charge is 2.22. The minimum absolute atomic E-state index is 0.00473. The number of aryl methyl sites for hydroxylation is 1. The van der Waals surface area contributed by atoms with E-state index in [1.54, 1.807) is 6.92 Å². The minimum Gasteiger partial charge on any atom is -0.433 e. The number of hydrogen-bond acceptors (Lipinski definition) is 6. The second kappa shape index (κ2) is 9.63. The number of ketones is 1. The molecule has 2 aromatic carbocycles. The van der Waals surface area contributed by atoms with Gasteiger partial charge in [-0.3, -0.25) is 9.69 Å². The van der Waals surface area contributed by atoms with Gasteiger partial charge in [0, 0.05) is 30.1 Å². The number of fused-ring (bicyclic) bond motifs is 2. The smallest absolute Gasteiger partial charge is 0.219 e. The first kappa shape index (κ1) is 24.7. The van der Waals surface area contributed by atoms with Crippen molar-refractivity contribution < 1.29 is 18.3 Å². The number of para-hydroxylation sites is 1. The molecule has 0 radical (unpaired) electrons. The SMILES string of the molecule is CCN1CCc2cc3cc(C(=O)c4cnn(-c5cnc(Oc6c(F)cccc6F)cc5C)c4N)[nH]c3cc2C1. The van der Waals surface area contributed by atoms with Gasteiger partial charge in [-0.1, -0.05) is 13.0 Å². The molecule has 0 fully saturated rings. The molecule has 0 amide bonds. The van der Waals surface area contributed by atoms with Crippen LogP contribution in [0.5, 0.6) is 11.6 Å². The van der Waals surface area contributed by atoms with E-state index in [0.29, 0.717) is 16.9 Å². The number of carbonyl (C=O) groups excluding carboxylic acids is 1. The summed E-state index contributed by atoms with van der Waals surface area (Å²) in [6.07, 6.45) is 3.83. The fourth-order valence-electron chi connectivity index (χ4n) is 5.00. The normalized spacial score (nSPS) is 13.5. The molecule has 0 saturated carbocycles. The Labute approximate surface area is 223 Å². The van der Waals surface area contributed by atoms with Crippen LogP contribution in [-0.2, 0) is 13.0 Å². The monoisotopic (exact) mass is 528 g/mol. The van der Waals surface area contributed by atoms with Gasteiger partial charge in [0.2, 0.25) is 17.4 Å². The van der Waals surface area contributed by atoms with Crippen LogP contribution in [0.1, 0.15) is 39.7 Å². The molecule has 0 unspecified atom stereocenters. The average Bonchev–Trinajstić information content (AvgIpc) is 3.52. The summed E-state index contributed by atoms with van der Waals surface area (Å²) in [5.41, 5.74) is 11.7. The van der Waals surface area contributed by atoms with Gasteiger partial charge in [-0.05, 0) is 66.9 Å². The van der Waals surface area contributed by atoms with Crippen LogP contribution in [-0.4, -0.2) is 43.5 Å². The lowest BCUT2D eigenvalue weighted by Crippen LogP contribution is -2.30. The number of rotatable bonds is 6. The molecule has 0 aliphatic carbocycles. The summed E-state index contributed by atoms with van der Waals surface area (Å²) in [4.78, 5) is 23.2. The quantitative estimate of drug-likeness (QED) is 0.289. The van der Waals surface area contributed by atoms with Crippen LogP contribution in [0.25, 0.3) is 16.6 Å². The zero-order valence-electron chi connectivity index (χ0n) is 21.5. The van der Waals surface area contributed by atoms with E-state index in [-0.39, 0.29) is 23.0 Å². The van der Waals surface area contributed by atoms with E-state index in [2.05, 4.69) is 39.0 Å². The largest absolute Gasteiger partial charge is 0.433 e. The van der Waals surface area contributed by atoms with Gasteiger partial charge in [-0.2, -0.15) is 5.10 Å². The van der Waals surface area contributed by atoms with Crippen LogP contribution in [0.2, 0.25) is 0 Å². The van der Waals surface area contributed by atoms with Crippen LogP contribution in [0, 0.1) is 18.6 Å². The molecule has 0 saturated heterocycles. The number of nitrogens with one attached hydrogen (secondary N) is 1. The number of likely N-dealkylation sites (N-methyl/N-ethyl adjacent to an activating group) is 1. The summed E-state index contributed by atoms with van der Waals surface area (Å²) in [7, 11) is 0. The van der Waals surface area contributed by atoms with E-state index in [1.165, 1.54) is 40.3 Å². The van der Waals surface area contributed by atoms with Gasteiger partial charge in [-0.15, -0.1) is 0 Å². The van der Waals surface area contributed by atoms with E-state index in [0.717, 1.165) is 49.1 Å². The Morgan fingerprint density at radius 3 is 2.67 bits per heavy atom. The first-order valence-electron chi connectivity index (χ1n) is 12.7. The first-order chi connectivity index (χ1) is 18.8. The minimum atomic E-state index is -0.835. The maximum absolute atomic E-state index is 14.0. The molecular formula is C29H26F2N6O2. The van der Waals surface area contributed by atoms with E-state index in [9.17, 15) is 13.6 Å². The number of aromatic nitrogens is 4. The molecule has 0 spiro atoms. The summed E-state index contributed by atoms with van der Waals surface area (Å²) >= 11 is 0. The van der Waals surface area contributed by atoms with Gasteiger partial charge < -0.3 is 15.5 Å². The van der Waals surface area contributed by atoms with E-state index >= 15 is 0 Å². The molecular weight excluding hydrogens is 502 g/mol. The number of pyridine rings is 1. The van der Waals surface area contributed by atoms with Crippen LogP contribution in [0.4, 0.5) is 14.6 Å². The number of halogens is 2. The summed E-state index contributed by atoms with van der Waals surface area (Å²) < 4.78 is 34.7. The Balaban J connectivity index is 1.27. The zero-order chi connectivity index (χ0) is 27.3. The van der Waals surface area contributed by atoms with Crippen molar-refractivity contribution >= 4 is 22.5 Å². The van der Waals surface area contributed by atoms with Crippen molar-refractivity contribution in [1.82, 2.24) is 24.6 Å². The van der Waals surface area contributed by atoms with Crippen molar-refractivity contribution in [1.29, 1.82) is 0 Å². The average molecular weight is 529 g/mol. The summed E-state index contributed by atoms with van der Waals surface area (Å²) in [5.74, 6) is -2.33. The molecule has 10 heteroatoms. The Bertz CT molecular complexity index is 1720. The number of carbonyl (C=O) groups is 1. The van der Waals surface area contributed by atoms with Gasteiger partial charge in [0.25, 0.3) is 0 Å². The molecule has 0 bridgehead atoms. The second-order valence-corrected chi connectivity index (χ2v) is 9.66. The number of hydrogen-bond donors (Lipinski definition) is 2. The molecule has 5 aromatic rings. The van der Waals surface area contributed by atoms with Crippen molar-refractivity contribution in [2.45, 2.75) is 26.8 Å². The molecule has 3 N–H and O–H groups in total. The van der Waals surface area contributed by atoms with Gasteiger partial charge in [0.05, 0.1) is 29.3 Å². The van der Waals surface area contributed by atoms with Gasteiger partial charge in [0.15, 0.2) is 11.6 Å². The third-order valence-electron chi connectivity index (χ3n) is 7.19. The van der Waals surface area contributed by atoms with Crippen LogP contribution in [0.15, 0.2) is 54.9 Å². The first-order valence-corrected chi connectivity index (χ1v) is 12.7. The molecule has 39 heavy (non-hydrogen) atoms. The van der Waals surface area contributed by atoms with Crippen LogP contribution >= 0.6 is 0 Å². The maximum Gasteiger partial charge on any atom is 0.219 e. The standard InChI is InChI=1S/C29H26F2N6O2/c1-3-36-8-7-17-10-18-11-24(35-23(18)12-19(17)15-36)27(38)20-13-34-37(29(20)32)25-14-33-26(9-16(25)2)39-28-21(30)5-4-6-22(28)31/h4-6,9-14,35H,3,7-8,15,32H2,1-2H3. The van der Waals surface area contributed by atoms with E-state index in [1.807, 2.05) is 6.07 Å². The lowest BCUT2D eigenvalue weighted by Gasteiger charge is -2.27. The van der Waals surface area contributed by atoms with Crippen molar-refractivity contribution in [2.24, 2.45) is 0 Å². The van der Waals surface area contributed by atoms with Gasteiger partial charge in [-0.25, -0.2) is 18.4 Å². The Hall–Kier alpha value is -4.57. The van der Waals surface area contributed by atoms with Crippen LogP contribution < -0.4 is 10.5 Å². The van der Waals surface area contributed by atoms with Crippen molar-refractivity contribution in [3.63, 3.8) is 0 Å². The lowest BCUT2D eigenvalue weighted by atomic mass is 9.98. The fraction of sp³-hybridized carbons (Fsp3) is 0.207. The highest BCUT2D eigenvalue weighted by Crippen LogP contribution is 2.30. The van der Waals surface area contributed by atoms with E-state index < -0.39 is 17.4 Å². The molecule has 198 valence electrons. The lowest BCUT2D eigenvalue weighted by molar-refractivity contribution is 0.103. The number of aromatic amines is 1. The summed E-state index contributed by atoms with van der Waals surface area (Å²) in [6.45, 7) is 6.85. The van der Waals surface area contributed by atoms with Crippen molar-refractivity contribution in [2.75, 3.05) is 18.8 Å². The third-order valence-corrected chi connectivity index (χ3v) is 7.19. The molecule has 0 atom stereocenters. The predicted octanol–water partition coefficient (Wildman–Crippen LogP) is 5.32. The van der Waals surface area contributed by atoms with Gasteiger partial charge >= 0.3 is 0 Å². The zero-order valence-corrected chi connectivity index (χ0v) is 21.5. The molecule has 1 aliphatic heterocycles. The van der Waals surface area contributed by atoms with E-state index in [4.69, 9.17) is 10.5 Å². The Kier molecular flexibility index (Phi) is 6.11. The molecule has 8 nitrogen and oxygen atoms in total. The molecule has 1 aliphatic rings. The molecule has 3 aromatic heterocycles. The summed E-state index contributed by atoms with van der Waals surface area (Å²) in [6, 6.07) is 11.1. The van der Waals surface area contributed by atoms with Crippen LogP contribution in [0.3, 0.4) is 0 Å². The predicted molar refractivity (Wildman–Crippen MR) is 143 cm³/mol. The third kappa shape index (κ3) is 4.42. The van der Waals surface area contributed by atoms with Crippen molar-refractivity contribution in [3.05, 3.63) is 94.4 Å². The highest BCUT2D eigenvalue weighted by molar-refractivity contribution is 6.12. The van der Waals surface area contributed by atoms with Gasteiger partial charge in [0.1, 0.15) is 5.82 Å². The maximum atomic E-state index is 14.0. The second-order valence-electron chi connectivity index (χ2n) is 9.66.